The standard InChI is InChI=1S/C8H15NO3/c1-4-5-7(10)8(6(2)3)9(11)12/h6,8H,4-5H2,1-3H3. The average molecular weight is 173 g/mol. The third kappa shape index (κ3) is 2.98. The summed E-state index contributed by atoms with van der Waals surface area (Å²) in [7, 11) is 0. The maximum absolute atomic E-state index is 11.2. The Hall–Kier alpha value is -0.930. The number of hydrogen-bond acceptors (Lipinski definition) is 3. The van der Waals surface area contributed by atoms with Gasteiger partial charge in [-0.25, -0.2) is 0 Å². The SMILES string of the molecule is CCCC(=O)C(C(C)C)[N+](=O)[O-]. The number of Topliss-reactive ketones (excluding diaryl/α,β-unsaturated/α-hetero) is 1. The molecule has 70 valence electrons. The molecule has 1 unspecified atom stereocenters. The van der Waals surface area contributed by atoms with Gasteiger partial charge in [0.2, 0.25) is 5.78 Å². The van der Waals surface area contributed by atoms with Crippen LogP contribution in [-0.4, -0.2) is 16.7 Å². The molecule has 0 saturated carbocycles. The number of nitro groups is 1. The average Bonchev–Trinajstić information content (AvgIpc) is 1.85. The summed E-state index contributed by atoms with van der Waals surface area (Å²) >= 11 is 0. The van der Waals surface area contributed by atoms with Crippen LogP contribution in [0.15, 0.2) is 0 Å². The van der Waals surface area contributed by atoms with E-state index in [1.807, 2.05) is 6.92 Å². The highest BCUT2D eigenvalue weighted by atomic mass is 16.6. The summed E-state index contributed by atoms with van der Waals surface area (Å²) < 4.78 is 0. The van der Waals surface area contributed by atoms with Crippen LogP contribution in [0.4, 0.5) is 0 Å². The van der Waals surface area contributed by atoms with Crippen LogP contribution in [0.25, 0.3) is 0 Å². The van der Waals surface area contributed by atoms with E-state index in [1.165, 1.54) is 0 Å². The van der Waals surface area contributed by atoms with E-state index in [0.29, 0.717) is 12.8 Å². The van der Waals surface area contributed by atoms with E-state index in [4.69, 9.17) is 0 Å². The number of carbonyl (C=O) groups is 1. The number of ketones is 1. The van der Waals surface area contributed by atoms with E-state index in [2.05, 4.69) is 0 Å². The van der Waals surface area contributed by atoms with Gasteiger partial charge in [0.15, 0.2) is 0 Å². The molecule has 12 heavy (non-hydrogen) atoms. The molecule has 0 aromatic carbocycles. The van der Waals surface area contributed by atoms with E-state index < -0.39 is 11.0 Å². The molecule has 0 bridgehead atoms. The van der Waals surface area contributed by atoms with Crippen molar-refractivity contribution in [2.75, 3.05) is 0 Å². The quantitative estimate of drug-likeness (QED) is 0.469. The van der Waals surface area contributed by atoms with Gasteiger partial charge in [-0.05, 0) is 6.42 Å². The number of hydrogen-bond donors (Lipinski definition) is 0. The highest BCUT2D eigenvalue weighted by Gasteiger charge is 2.31. The summed E-state index contributed by atoms with van der Waals surface area (Å²) in [5, 5.41) is 10.4. The molecule has 0 rings (SSSR count). The fourth-order valence-corrected chi connectivity index (χ4v) is 1.13. The van der Waals surface area contributed by atoms with E-state index in [0.717, 1.165) is 0 Å². The molecule has 0 aliphatic heterocycles. The van der Waals surface area contributed by atoms with Crippen molar-refractivity contribution in [1.82, 2.24) is 0 Å². The second kappa shape index (κ2) is 4.85. The number of nitrogens with zero attached hydrogens (tertiary/aromatic N) is 1. The van der Waals surface area contributed by atoms with Crippen molar-refractivity contribution in [3.8, 4) is 0 Å². The minimum atomic E-state index is -1.01. The van der Waals surface area contributed by atoms with Gasteiger partial charge >= 0.3 is 0 Å². The summed E-state index contributed by atoms with van der Waals surface area (Å²) in [6, 6.07) is -1.01. The zero-order chi connectivity index (χ0) is 9.72. The highest BCUT2D eigenvalue weighted by Crippen LogP contribution is 2.09. The molecule has 0 aromatic heterocycles. The zero-order valence-corrected chi connectivity index (χ0v) is 7.74. The van der Waals surface area contributed by atoms with Crippen LogP contribution in [0, 0.1) is 16.0 Å². The molecule has 0 N–H and O–H groups in total. The van der Waals surface area contributed by atoms with E-state index in [-0.39, 0.29) is 11.7 Å². The smallest absolute Gasteiger partial charge is 0.272 e. The van der Waals surface area contributed by atoms with Crippen LogP contribution in [0.3, 0.4) is 0 Å². The first-order chi connectivity index (χ1) is 5.50. The van der Waals surface area contributed by atoms with Crippen LogP contribution in [0.5, 0.6) is 0 Å². The lowest BCUT2D eigenvalue weighted by molar-refractivity contribution is -0.515. The number of carbonyl (C=O) groups excluding carboxylic acids is 1. The molecule has 4 heteroatoms. The Morgan fingerprint density at radius 3 is 2.25 bits per heavy atom. The van der Waals surface area contributed by atoms with Crippen molar-refractivity contribution >= 4 is 5.78 Å². The van der Waals surface area contributed by atoms with Crippen molar-refractivity contribution in [1.29, 1.82) is 0 Å². The van der Waals surface area contributed by atoms with Crippen molar-refractivity contribution in [2.45, 2.75) is 39.7 Å². The summed E-state index contributed by atoms with van der Waals surface area (Å²) in [6.45, 7) is 5.23. The van der Waals surface area contributed by atoms with Crippen molar-refractivity contribution in [2.24, 2.45) is 5.92 Å². The Morgan fingerprint density at radius 2 is 2.00 bits per heavy atom. The molecule has 0 aliphatic carbocycles. The Morgan fingerprint density at radius 1 is 1.50 bits per heavy atom. The normalized spacial score (nSPS) is 13.0. The van der Waals surface area contributed by atoms with Gasteiger partial charge in [0, 0.05) is 17.3 Å². The summed E-state index contributed by atoms with van der Waals surface area (Å²) in [4.78, 5) is 21.1. The van der Waals surface area contributed by atoms with Gasteiger partial charge in [-0.3, -0.25) is 14.9 Å². The first-order valence-corrected chi connectivity index (χ1v) is 4.16. The maximum Gasteiger partial charge on any atom is 0.272 e. The van der Waals surface area contributed by atoms with Gasteiger partial charge < -0.3 is 0 Å². The van der Waals surface area contributed by atoms with Gasteiger partial charge in [0.1, 0.15) is 0 Å². The largest absolute Gasteiger partial charge is 0.292 e. The van der Waals surface area contributed by atoms with Crippen LogP contribution in [0.1, 0.15) is 33.6 Å². The molecule has 0 amide bonds. The van der Waals surface area contributed by atoms with E-state index in [1.54, 1.807) is 13.8 Å². The Balaban J connectivity index is 4.30. The van der Waals surface area contributed by atoms with Gasteiger partial charge in [-0.2, -0.15) is 0 Å². The summed E-state index contributed by atoms with van der Waals surface area (Å²) in [5.41, 5.74) is 0. The van der Waals surface area contributed by atoms with E-state index >= 15 is 0 Å². The minimum absolute atomic E-state index is 0.209. The fraction of sp³-hybridized carbons (Fsp3) is 0.875. The first-order valence-electron chi connectivity index (χ1n) is 4.16. The molecule has 0 aliphatic rings. The monoisotopic (exact) mass is 173 g/mol. The first kappa shape index (κ1) is 11.1. The lowest BCUT2D eigenvalue weighted by Gasteiger charge is -2.10. The van der Waals surface area contributed by atoms with Crippen molar-refractivity contribution < 1.29 is 9.72 Å². The van der Waals surface area contributed by atoms with Gasteiger partial charge in [-0.15, -0.1) is 0 Å². The van der Waals surface area contributed by atoms with Crippen molar-refractivity contribution in [3.63, 3.8) is 0 Å². The van der Waals surface area contributed by atoms with Crippen LogP contribution in [-0.2, 0) is 4.79 Å². The van der Waals surface area contributed by atoms with Gasteiger partial charge in [-0.1, -0.05) is 20.8 Å². The predicted molar refractivity (Wildman–Crippen MR) is 45.5 cm³/mol. The molecule has 0 spiro atoms. The Kier molecular flexibility index (Phi) is 4.47. The number of rotatable bonds is 5. The summed E-state index contributed by atoms with van der Waals surface area (Å²) in [6.07, 6.45) is 0.986. The third-order valence-corrected chi connectivity index (χ3v) is 1.68. The fourth-order valence-electron chi connectivity index (χ4n) is 1.13. The Bertz CT molecular complexity index is 177. The van der Waals surface area contributed by atoms with Crippen LogP contribution >= 0.6 is 0 Å². The molecule has 0 saturated heterocycles. The van der Waals surface area contributed by atoms with Crippen molar-refractivity contribution in [3.05, 3.63) is 10.1 Å². The van der Waals surface area contributed by atoms with Crippen LogP contribution in [0.2, 0.25) is 0 Å². The zero-order valence-electron chi connectivity index (χ0n) is 7.74. The minimum Gasteiger partial charge on any atom is -0.292 e. The molecule has 0 aromatic rings. The molecular weight excluding hydrogens is 158 g/mol. The third-order valence-electron chi connectivity index (χ3n) is 1.68. The molecule has 4 nitrogen and oxygen atoms in total. The highest BCUT2D eigenvalue weighted by molar-refractivity contribution is 5.82. The molecule has 0 fully saturated rings. The molecule has 0 heterocycles. The second-order valence-electron chi connectivity index (χ2n) is 3.19. The van der Waals surface area contributed by atoms with Crippen LogP contribution < -0.4 is 0 Å². The topological polar surface area (TPSA) is 60.2 Å². The Labute approximate surface area is 72.1 Å². The lowest BCUT2D eigenvalue weighted by atomic mass is 9.98. The summed E-state index contributed by atoms with van der Waals surface area (Å²) in [5.74, 6) is -0.462. The molecular formula is C8H15NO3. The molecule has 1 atom stereocenters. The molecule has 0 radical (unpaired) electrons. The van der Waals surface area contributed by atoms with Gasteiger partial charge in [0.05, 0.1) is 0 Å². The van der Waals surface area contributed by atoms with E-state index in [9.17, 15) is 14.9 Å². The predicted octanol–water partition coefficient (Wildman–Crippen LogP) is 1.66. The van der Waals surface area contributed by atoms with Gasteiger partial charge in [0.25, 0.3) is 6.04 Å². The lowest BCUT2D eigenvalue weighted by Crippen LogP contribution is -2.34. The second-order valence-corrected chi connectivity index (χ2v) is 3.19. The maximum atomic E-state index is 11.2.